The first-order valence-corrected chi connectivity index (χ1v) is 6.19. The summed E-state index contributed by atoms with van der Waals surface area (Å²) in [7, 11) is 0. The maximum Gasteiger partial charge on any atom is 0.183 e. The quantitative estimate of drug-likeness (QED) is 0.559. The molecular formula is C14H22O3. The van der Waals surface area contributed by atoms with Gasteiger partial charge in [0.15, 0.2) is 6.29 Å². The number of aliphatic hydroxyl groups is 1. The average molecular weight is 238 g/mol. The fourth-order valence-electron chi connectivity index (χ4n) is 1.42. The Labute approximate surface area is 103 Å². The minimum atomic E-state index is -0.615. The van der Waals surface area contributed by atoms with Crippen LogP contribution in [0.4, 0.5) is 0 Å². The zero-order valence-corrected chi connectivity index (χ0v) is 10.6. The van der Waals surface area contributed by atoms with Gasteiger partial charge in [-0.3, -0.25) is 0 Å². The lowest BCUT2D eigenvalue weighted by molar-refractivity contribution is -0.196. The van der Waals surface area contributed by atoms with Crippen LogP contribution >= 0.6 is 0 Å². The Kier molecular flexibility index (Phi) is 6.86. The molecule has 0 radical (unpaired) electrons. The van der Waals surface area contributed by atoms with Crippen molar-refractivity contribution in [3.05, 3.63) is 35.9 Å². The number of rotatable bonds is 8. The number of benzene rings is 1. The van der Waals surface area contributed by atoms with Crippen molar-refractivity contribution in [1.29, 1.82) is 0 Å². The summed E-state index contributed by atoms with van der Waals surface area (Å²) in [4.78, 5) is 0. The molecule has 3 nitrogen and oxygen atoms in total. The van der Waals surface area contributed by atoms with Gasteiger partial charge in [0.25, 0.3) is 0 Å². The van der Waals surface area contributed by atoms with E-state index in [1.807, 2.05) is 30.3 Å². The molecule has 0 aliphatic rings. The van der Waals surface area contributed by atoms with Gasteiger partial charge in [-0.1, -0.05) is 43.7 Å². The average Bonchev–Trinajstić information content (AvgIpc) is 2.34. The molecule has 0 aliphatic carbocycles. The molecule has 0 spiro atoms. The largest absolute Gasteiger partial charge is 0.388 e. The summed E-state index contributed by atoms with van der Waals surface area (Å²) >= 11 is 0. The summed E-state index contributed by atoms with van der Waals surface area (Å²) in [5.74, 6) is 0. The zero-order chi connectivity index (χ0) is 12.5. The SMILES string of the molecule is CCCCOC(OCc1ccccc1)C(C)O. The number of ether oxygens (including phenoxy) is 2. The molecular weight excluding hydrogens is 216 g/mol. The monoisotopic (exact) mass is 238 g/mol. The van der Waals surface area contributed by atoms with Crippen LogP contribution in [0.1, 0.15) is 32.3 Å². The summed E-state index contributed by atoms with van der Waals surface area (Å²) in [6.45, 7) is 4.87. The molecule has 2 unspecified atom stereocenters. The van der Waals surface area contributed by atoms with E-state index in [0.717, 1.165) is 18.4 Å². The fourth-order valence-corrected chi connectivity index (χ4v) is 1.42. The minimum absolute atomic E-state index is 0.461. The van der Waals surface area contributed by atoms with Crippen LogP contribution in [0.25, 0.3) is 0 Å². The first kappa shape index (κ1) is 14.2. The van der Waals surface area contributed by atoms with Gasteiger partial charge in [0, 0.05) is 6.61 Å². The van der Waals surface area contributed by atoms with Gasteiger partial charge in [0.2, 0.25) is 0 Å². The van der Waals surface area contributed by atoms with Crippen molar-refractivity contribution in [2.45, 2.75) is 45.7 Å². The van der Waals surface area contributed by atoms with E-state index >= 15 is 0 Å². The molecule has 0 aliphatic heterocycles. The summed E-state index contributed by atoms with van der Waals surface area (Å²) in [5, 5.41) is 9.54. The summed E-state index contributed by atoms with van der Waals surface area (Å²) < 4.78 is 11.1. The first-order chi connectivity index (χ1) is 8.24. The Balaban J connectivity index is 2.34. The molecule has 0 heterocycles. The van der Waals surface area contributed by atoms with E-state index in [1.165, 1.54) is 0 Å². The smallest absolute Gasteiger partial charge is 0.183 e. The Morgan fingerprint density at radius 1 is 1.18 bits per heavy atom. The van der Waals surface area contributed by atoms with Gasteiger partial charge in [0.05, 0.1) is 6.61 Å². The van der Waals surface area contributed by atoms with E-state index in [-0.39, 0.29) is 0 Å². The Bertz CT molecular complexity index is 285. The van der Waals surface area contributed by atoms with Crippen molar-refractivity contribution in [2.24, 2.45) is 0 Å². The molecule has 17 heavy (non-hydrogen) atoms. The van der Waals surface area contributed by atoms with E-state index < -0.39 is 12.4 Å². The van der Waals surface area contributed by atoms with Gasteiger partial charge in [-0.25, -0.2) is 0 Å². The number of unbranched alkanes of at least 4 members (excludes halogenated alkanes) is 1. The van der Waals surface area contributed by atoms with Gasteiger partial charge in [0.1, 0.15) is 6.10 Å². The fraction of sp³-hybridized carbons (Fsp3) is 0.571. The van der Waals surface area contributed by atoms with E-state index in [9.17, 15) is 5.11 Å². The van der Waals surface area contributed by atoms with Crippen LogP contribution in [0.2, 0.25) is 0 Å². The third kappa shape index (κ3) is 5.82. The molecule has 1 aromatic rings. The minimum Gasteiger partial charge on any atom is -0.388 e. The van der Waals surface area contributed by atoms with Gasteiger partial charge < -0.3 is 14.6 Å². The predicted octanol–water partition coefficient (Wildman–Crippen LogP) is 2.73. The van der Waals surface area contributed by atoms with Crippen LogP contribution in [-0.2, 0) is 16.1 Å². The molecule has 1 N–H and O–H groups in total. The van der Waals surface area contributed by atoms with Crippen molar-refractivity contribution in [3.63, 3.8) is 0 Å². The normalized spacial score (nSPS) is 14.5. The molecule has 2 atom stereocenters. The second-order valence-electron chi connectivity index (χ2n) is 4.13. The zero-order valence-electron chi connectivity index (χ0n) is 10.6. The summed E-state index contributed by atoms with van der Waals surface area (Å²) in [5.41, 5.74) is 1.08. The third-order valence-electron chi connectivity index (χ3n) is 2.43. The van der Waals surface area contributed by atoms with Crippen LogP contribution in [0.3, 0.4) is 0 Å². The highest BCUT2D eigenvalue weighted by Gasteiger charge is 2.15. The highest BCUT2D eigenvalue weighted by molar-refractivity contribution is 5.13. The molecule has 0 amide bonds. The van der Waals surface area contributed by atoms with Crippen LogP contribution in [0.15, 0.2) is 30.3 Å². The predicted molar refractivity (Wildman–Crippen MR) is 67.6 cm³/mol. The topological polar surface area (TPSA) is 38.7 Å². The summed E-state index contributed by atoms with van der Waals surface area (Å²) in [6, 6.07) is 9.88. The number of hydrogen-bond donors (Lipinski definition) is 1. The highest BCUT2D eigenvalue weighted by atomic mass is 16.7. The second-order valence-corrected chi connectivity index (χ2v) is 4.13. The van der Waals surface area contributed by atoms with E-state index in [0.29, 0.717) is 13.2 Å². The Hall–Kier alpha value is -0.900. The molecule has 1 aromatic carbocycles. The Morgan fingerprint density at radius 2 is 1.88 bits per heavy atom. The molecule has 0 saturated heterocycles. The first-order valence-electron chi connectivity index (χ1n) is 6.19. The van der Waals surface area contributed by atoms with E-state index in [4.69, 9.17) is 9.47 Å². The van der Waals surface area contributed by atoms with Crippen molar-refractivity contribution in [2.75, 3.05) is 6.61 Å². The Morgan fingerprint density at radius 3 is 2.47 bits per heavy atom. The lowest BCUT2D eigenvalue weighted by atomic mass is 10.2. The maximum atomic E-state index is 9.54. The number of hydrogen-bond acceptors (Lipinski definition) is 3. The molecule has 0 bridgehead atoms. The second kappa shape index (κ2) is 8.23. The molecule has 3 heteroatoms. The van der Waals surface area contributed by atoms with Crippen LogP contribution in [0.5, 0.6) is 0 Å². The molecule has 0 fully saturated rings. The van der Waals surface area contributed by atoms with Gasteiger partial charge in [-0.05, 0) is 18.9 Å². The highest BCUT2D eigenvalue weighted by Crippen LogP contribution is 2.08. The van der Waals surface area contributed by atoms with Crippen molar-refractivity contribution in [3.8, 4) is 0 Å². The lowest BCUT2D eigenvalue weighted by Crippen LogP contribution is -2.29. The van der Waals surface area contributed by atoms with Crippen molar-refractivity contribution < 1.29 is 14.6 Å². The lowest BCUT2D eigenvalue weighted by Gasteiger charge is -2.21. The van der Waals surface area contributed by atoms with E-state index in [2.05, 4.69) is 6.92 Å². The molecule has 0 saturated carbocycles. The van der Waals surface area contributed by atoms with Crippen molar-refractivity contribution in [1.82, 2.24) is 0 Å². The maximum absolute atomic E-state index is 9.54. The number of aliphatic hydroxyl groups excluding tert-OH is 1. The van der Waals surface area contributed by atoms with Gasteiger partial charge in [-0.2, -0.15) is 0 Å². The summed E-state index contributed by atoms with van der Waals surface area (Å²) in [6.07, 6.45) is 0.903. The molecule has 96 valence electrons. The van der Waals surface area contributed by atoms with Gasteiger partial charge in [-0.15, -0.1) is 0 Å². The molecule has 1 rings (SSSR count). The van der Waals surface area contributed by atoms with Crippen molar-refractivity contribution >= 4 is 0 Å². The van der Waals surface area contributed by atoms with Gasteiger partial charge >= 0.3 is 0 Å². The van der Waals surface area contributed by atoms with Crippen LogP contribution in [-0.4, -0.2) is 24.1 Å². The van der Waals surface area contributed by atoms with Crippen LogP contribution in [0, 0.1) is 0 Å². The standard InChI is InChI=1S/C14H22O3/c1-3-4-10-16-14(12(2)15)17-11-13-8-6-5-7-9-13/h5-9,12,14-15H,3-4,10-11H2,1-2H3. The van der Waals surface area contributed by atoms with Crippen LogP contribution < -0.4 is 0 Å². The molecule has 0 aromatic heterocycles. The third-order valence-corrected chi connectivity index (χ3v) is 2.43. The van der Waals surface area contributed by atoms with E-state index in [1.54, 1.807) is 6.92 Å².